The molecule has 0 aliphatic rings. The summed E-state index contributed by atoms with van der Waals surface area (Å²) in [5, 5.41) is 7.92. The van der Waals surface area contributed by atoms with Crippen LogP contribution in [-0.2, 0) is 11.2 Å². The van der Waals surface area contributed by atoms with Crippen molar-refractivity contribution in [2.45, 2.75) is 25.8 Å². The molecular weight excluding hydrogens is 416 g/mol. The summed E-state index contributed by atoms with van der Waals surface area (Å²) in [4.78, 5) is 24.4. The van der Waals surface area contributed by atoms with Crippen LogP contribution in [0.3, 0.4) is 0 Å². The Labute approximate surface area is 173 Å². The van der Waals surface area contributed by atoms with E-state index in [1.807, 2.05) is 67.6 Å². The Balaban J connectivity index is 1.43. The molecule has 3 aromatic carbocycles. The van der Waals surface area contributed by atoms with Crippen LogP contribution in [0, 0.1) is 0 Å². The van der Waals surface area contributed by atoms with E-state index in [0.717, 1.165) is 21.7 Å². The van der Waals surface area contributed by atoms with Crippen molar-refractivity contribution >= 4 is 38.5 Å². The summed E-state index contributed by atoms with van der Waals surface area (Å²) in [6, 6.07) is 21.6. The second-order valence-corrected chi connectivity index (χ2v) is 7.78. The molecule has 0 fully saturated rings. The summed E-state index contributed by atoms with van der Waals surface area (Å²) in [7, 11) is 0. The zero-order chi connectivity index (χ0) is 19.9. The first-order valence-corrected chi connectivity index (χ1v) is 10.1. The van der Waals surface area contributed by atoms with Gasteiger partial charge in [-0.2, -0.15) is 0 Å². The van der Waals surface area contributed by atoms with Gasteiger partial charge >= 0.3 is 0 Å². The van der Waals surface area contributed by atoms with E-state index in [0.29, 0.717) is 12.1 Å². The van der Waals surface area contributed by atoms with Crippen LogP contribution in [0.25, 0.3) is 10.8 Å². The van der Waals surface area contributed by atoms with Gasteiger partial charge in [0.1, 0.15) is 0 Å². The molecule has 0 saturated carbocycles. The number of rotatable bonds is 7. The third-order valence-electron chi connectivity index (χ3n) is 4.51. The van der Waals surface area contributed by atoms with Gasteiger partial charge in [-0.3, -0.25) is 9.59 Å². The molecule has 28 heavy (non-hydrogen) atoms. The van der Waals surface area contributed by atoms with Crippen molar-refractivity contribution in [2.24, 2.45) is 0 Å². The number of fused-ring (bicyclic) bond motifs is 1. The van der Waals surface area contributed by atoms with E-state index < -0.39 is 0 Å². The molecule has 3 aromatic rings. The Bertz CT molecular complexity index is 970. The number of carbonyl (C=O) groups is 2. The smallest absolute Gasteiger partial charge is 0.251 e. The summed E-state index contributed by atoms with van der Waals surface area (Å²) in [5.74, 6) is -0.232. The third kappa shape index (κ3) is 5.67. The van der Waals surface area contributed by atoms with Crippen LogP contribution in [-0.4, -0.2) is 24.4 Å². The minimum atomic E-state index is -0.165. The largest absolute Gasteiger partial charge is 0.353 e. The first-order chi connectivity index (χ1) is 13.5. The molecule has 0 bridgehead atoms. The van der Waals surface area contributed by atoms with E-state index in [9.17, 15) is 9.59 Å². The minimum absolute atomic E-state index is 0.0323. The summed E-state index contributed by atoms with van der Waals surface area (Å²) in [5.41, 5.74) is 1.77. The Kier molecular flexibility index (Phi) is 6.82. The van der Waals surface area contributed by atoms with Crippen LogP contribution in [0.15, 0.2) is 71.2 Å². The molecule has 0 radical (unpaired) electrons. The van der Waals surface area contributed by atoms with Gasteiger partial charge in [0.25, 0.3) is 5.91 Å². The lowest BCUT2D eigenvalue weighted by atomic mass is 10.1. The normalized spacial score (nSPS) is 11.8. The van der Waals surface area contributed by atoms with E-state index in [2.05, 4.69) is 26.6 Å². The molecule has 0 saturated heterocycles. The van der Waals surface area contributed by atoms with Gasteiger partial charge in [0.05, 0.1) is 0 Å². The average molecular weight is 439 g/mol. The van der Waals surface area contributed by atoms with Crippen LogP contribution in [0.2, 0.25) is 0 Å². The highest BCUT2D eigenvalue weighted by molar-refractivity contribution is 9.10. The van der Waals surface area contributed by atoms with E-state index in [4.69, 9.17) is 0 Å². The summed E-state index contributed by atoms with van der Waals surface area (Å²) in [6.07, 6.45) is 1.02. The quantitative estimate of drug-likeness (QED) is 0.571. The van der Waals surface area contributed by atoms with Gasteiger partial charge in [-0.15, -0.1) is 0 Å². The van der Waals surface area contributed by atoms with Crippen molar-refractivity contribution in [3.8, 4) is 0 Å². The summed E-state index contributed by atoms with van der Waals surface area (Å²) < 4.78 is 1.04. The zero-order valence-corrected chi connectivity index (χ0v) is 17.3. The first kappa shape index (κ1) is 20.1. The Morgan fingerprint density at radius 3 is 2.43 bits per heavy atom. The van der Waals surface area contributed by atoms with Gasteiger partial charge in [0.2, 0.25) is 5.91 Å². The van der Waals surface area contributed by atoms with Crippen LogP contribution in [0.4, 0.5) is 0 Å². The lowest BCUT2D eigenvalue weighted by Crippen LogP contribution is -2.36. The summed E-state index contributed by atoms with van der Waals surface area (Å²) in [6.45, 7) is 2.29. The highest BCUT2D eigenvalue weighted by atomic mass is 79.9. The maximum absolute atomic E-state index is 12.3. The Morgan fingerprint density at radius 2 is 1.68 bits per heavy atom. The molecule has 2 N–H and O–H groups in total. The van der Waals surface area contributed by atoms with E-state index in [1.54, 1.807) is 6.07 Å². The van der Waals surface area contributed by atoms with Crippen LogP contribution in [0.5, 0.6) is 0 Å². The van der Waals surface area contributed by atoms with Crippen molar-refractivity contribution in [2.75, 3.05) is 6.54 Å². The van der Waals surface area contributed by atoms with Crippen molar-refractivity contribution in [3.05, 3.63) is 82.3 Å². The molecule has 2 amide bonds. The molecule has 1 unspecified atom stereocenters. The Hall–Kier alpha value is -2.66. The highest BCUT2D eigenvalue weighted by Gasteiger charge is 2.10. The molecule has 0 aliphatic carbocycles. The van der Waals surface area contributed by atoms with Gasteiger partial charge in [0, 0.05) is 29.0 Å². The lowest BCUT2D eigenvalue weighted by Gasteiger charge is -2.14. The molecule has 0 spiro atoms. The topological polar surface area (TPSA) is 58.2 Å². The fourth-order valence-corrected chi connectivity index (χ4v) is 3.36. The third-order valence-corrected chi connectivity index (χ3v) is 5.04. The molecule has 5 heteroatoms. The maximum atomic E-state index is 12.3. The second-order valence-electron chi connectivity index (χ2n) is 6.87. The van der Waals surface area contributed by atoms with Crippen molar-refractivity contribution in [1.29, 1.82) is 0 Å². The molecule has 3 rings (SSSR count). The second kappa shape index (κ2) is 9.51. The molecule has 0 heterocycles. The molecular formula is C23H23BrN2O2. The van der Waals surface area contributed by atoms with E-state index in [-0.39, 0.29) is 24.3 Å². The average Bonchev–Trinajstić information content (AvgIpc) is 2.69. The van der Waals surface area contributed by atoms with Crippen molar-refractivity contribution in [1.82, 2.24) is 10.6 Å². The first-order valence-electron chi connectivity index (χ1n) is 9.32. The number of hydrogen-bond acceptors (Lipinski definition) is 2. The molecule has 1 atom stereocenters. The van der Waals surface area contributed by atoms with E-state index in [1.165, 1.54) is 5.56 Å². The van der Waals surface area contributed by atoms with Gasteiger partial charge in [-0.25, -0.2) is 0 Å². The highest BCUT2D eigenvalue weighted by Crippen LogP contribution is 2.15. The fourth-order valence-electron chi connectivity index (χ4n) is 3.09. The monoisotopic (exact) mass is 438 g/mol. The molecule has 0 aliphatic heterocycles. The van der Waals surface area contributed by atoms with Crippen molar-refractivity contribution in [3.63, 3.8) is 0 Å². The van der Waals surface area contributed by atoms with Crippen LogP contribution in [0.1, 0.15) is 29.3 Å². The predicted octanol–water partition coefficient (Wildman–Crippen LogP) is 4.47. The number of carbonyl (C=O) groups excluding carboxylic acids is 2. The number of halogens is 1. The fraction of sp³-hybridized carbons (Fsp3) is 0.217. The van der Waals surface area contributed by atoms with E-state index >= 15 is 0 Å². The lowest BCUT2D eigenvalue weighted by molar-refractivity contribution is -0.121. The standard InChI is InChI=1S/C23H23BrN2O2/c1-16(14-17-6-10-21(24)11-7-17)26-22(27)12-13-25-23(28)20-9-8-18-4-2-3-5-19(18)15-20/h2-11,15-16H,12-14H2,1H3,(H,25,28)(H,26,27). The molecule has 4 nitrogen and oxygen atoms in total. The number of amides is 2. The SMILES string of the molecule is CC(Cc1ccc(Br)cc1)NC(=O)CCNC(=O)c1ccc2ccccc2c1. The molecule has 144 valence electrons. The number of benzene rings is 3. The van der Waals surface area contributed by atoms with Crippen LogP contribution >= 0.6 is 15.9 Å². The predicted molar refractivity (Wildman–Crippen MR) is 116 cm³/mol. The van der Waals surface area contributed by atoms with Gasteiger partial charge < -0.3 is 10.6 Å². The van der Waals surface area contributed by atoms with Gasteiger partial charge in [0.15, 0.2) is 0 Å². The minimum Gasteiger partial charge on any atom is -0.353 e. The number of hydrogen-bond donors (Lipinski definition) is 2. The Morgan fingerprint density at radius 1 is 0.964 bits per heavy atom. The van der Waals surface area contributed by atoms with Crippen molar-refractivity contribution < 1.29 is 9.59 Å². The maximum Gasteiger partial charge on any atom is 0.251 e. The van der Waals surface area contributed by atoms with Gasteiger partial charge in [-0.1, -0.05) is 58.4 Å². The zero-order valence-electron chi connectivity index (χ0n) is 15.7. The number of nitrogens with one attached hydrogen (secondary N) is 2. The van der Waals surface area contributed by atoms with Crippen LogP contribution < -0.4 is 10.6 Å². The molecule has 0 aromatic heterocycles. The van der Waals surface area contributed by atoms with Gasteiger partial charge in [-0.05, 0) is 53.9 Å². The summed E-state index contributed by atoms with van der Waals surface area (Å²) >= 11 is 3.42.